The van der Waals surface area contributed by atoms with Crippen molar-refractivity contribution in [2.45, 2.75) is 31.5 Å². The number of hydrogen-bond acceptors (Lipinski definition) is 4. The predicted molar refractivity (Wildman–Crippen MR) is 94.5 cm³/mol. The Bertz CT molecular complexity index is 783. The first-order chi connectivity index (χ1) is 12.3. The zero-order valence-corrected chi connectivity index (χ0v) is 13.9. The minimum atomic E-state index is -0.385. The Morgan fingerprint density at radius 2 is 1.88 bits per heavy atom. The number of amides is 1. The smallest absolute Gasteiger partial charge is 0.269 e. The van der Waals surface area contributed by atoms with Gasteiger partial charge in [-0.1, -0.05) is 42.5 Å². The van der Waals surface area contributed by atoms with Crippen LogP contribution in [0.1, 0.15) is 36.5 Å². The third-order valence-electron chi connectivity index (χ3n) is 4.54. The van der Waals surface area contributed by atoms with E-state index in [1.807, 2.05) is 54.6 Å². The van der Waals surface area contributed by atoms with E-state index in [9.17, 15) is 4.79 Å². The quantitative estimate of drug-likeness (QED) is 0.876. The molecule has 1 amide bonds. The lowest BCUT2D eigenvalue weighted by atomic mass is 9.96. The molecule has 5 nitrogen and oxygen atoms in total. The summed E-state index contributed by atoms with van der Waals surface area (Å²) in [4.78, 5) is 12.2. The van der Waals surface area contributed by atoms with Gasteiger partial charge in [0.15, 0.2) is 0 Å². The number of rotatable bonds is 3. The summed E-state index contributed by atoms with van der Waals surface area (Å²) in [5.41, 5.74) is 5.51. The third-order valence-corrected chi connectivity index (χ3v) is 4.54. The summed E-state index contributed by atoms with van der Waals surface area (Å²) in [6.07, 6.45) is 1.77. The fourth-order valence-electron chi connectivity index (χ4n) is 3.23. The van der Waals surface area contributed by atoms with E-state index < -0.39 is 0 Å². The largest absolute Gasteiger partial charge is 0.485 e. The van der Waals surface area contributed by atoms with Gasteiger partial charge in [-0.05, 0) is 30.5 Å². The fourth-order valence-corrected chi connectivity index (χ4v) is 3.23. The van der Waals surface area contributed by atoms with E-state index in [1.54, 1.807) is 0 Å². The monoisotopic (exact) mass is 336 g/mol. The Kier molecular flexibility index (Phi) is 4.48. The van der Waals surface area contributed by atoms with Crippen LogP contribution in [0.5, 0.6) is 5.75 Å². The average molecular weight is 336 g/mol. The van der Waals surface area contributed by atoms with Crippen LogP contribution >= 0.6 is 0 Å². The van der Waals surface area contributed by atoms with Crippen molar-refractivity contribution in [1.82, 2.24) is 5.43 Å². The second-order valence-electron chi connectivity index (χ2n) is 6.25. The van der Waals surface area contributed by atoms with E-state index in [1.165, 1.54) is 0 Å². The minimum Gasteiger partial charge on any atom is -0.485 e. The molecule has 2 aliphatic rings. The van der Waals surface area contributed by atoms with Crippen LogP contribution in [0, 0.1) is 0 Å². The maximum Gasteiger partial charge on any atom is 0.269 e. The van der Waals surface area contributed by atoms with Gasteiger partial charge in [-0.2, -0.15) is 5.10 Å². The summed E-state index contributed by atoms with van der Waals surface area (Å²) in [6.45, 7) is 0.640. The van der Waals surface area contributed by atoms with Gasteiger partial charge in [0.2, 0.25) is 0 Å². The van der Waals surface area contributed by atoms with Gasteiger partial charge in [0, 0.05) is 18.6 Å². The molecule has 2 atom stereocenters. The molecule has 128 valence electrons. The van der Waals surface area contributed by atoms with Crippen molar-refractivity contribution in [3.05, 3.63) is 65.7 Å². The van der Waals surface area contributed by atoms with Crippen molar-refractivity contribution in [2.24, 2.45) is 5.10 Å². The number of carbonyl (C=O) groups excluding carboxylic acids is 1. The summed E-state index contributed by atoms with van der Waals surface area (Å²) < 4.78 is 11.5. The van der Waals surface area contributed by atoms with Crippen molar-refractivity contribution in [3.8, 4) is 5.75 Å². The number of benzene rings is 2. The van der Waals surface area contributed by atoms with Crippen LogP contribution in [-0.4, -0.2) is 24.3 Å². The molecule has 2 heterocycles. The van der Waals surface area contributed by atoms with Gasteiger partial charge >= 0.3 is 0 Å². The molecule has 0 bridgehead atoms. The zero-order chi connectivity index (χ0) is 17.1. The molecule has 2 aromatic rings. The van der Waals surface area contributed by atoms with Crippen molar-refractivity contribution >= 4 is 11.6 Å². The number of hydrazone groups is 1. The SMILES string of the molecule is O=C(NN=C1CC(c2ccccc2)Oc2ccccc21)C1CCCO1. The molecule has 0 spiro atoms. The van der Waals surface area contributed by atoms with Gasteiger partial charge < -0.3 is 9.47 Å². The first kappa shape index (κ1) is 15.8. The predicted octanol–water partition coefficient (Wildman–Crippen LogP) is 3.21. The lowest BCUT2D eigenvalue weighted by Crippen LogP contribution is -2.32. The van der Waals surface area contributed by atoms with Crippen molar-refractivity contribution in [2.75, 3.05) is 6.61 Å². The number of nitrogens with zero attached hydrogens (tertiary/aromatic N) is 1. The van der Waals surface area contributed by atoms with Crippen LogP contribution in [0.4, 0.5) is 0 Å². The van der Waals surface area contributed by atoms with Crippen LogP contribution in [0.2, 0.25) is 0 Å². The Labute approximate surface area is 146 Å². The molecule has 1 fully saturated rings. The molecule has 0 aromatic heterocycles. The maximum absolute atomic E-state index is 12.2. The first-order valence-corrected chi connectivity index (χ1v) is 8.60. The second-order valence-corrected chi connectivity index (χ2v) is 6.25. The van der Waals surface area contributed by atoms with E-state index in [2.05, 4.69) is 10.5 Å². The summed E-state index contributed by atoms with van der Waals surface area (Å²) in [5.74, 6) is 0.609. The number of para-hydroxylation sites is 1. The lowest BCUT2D eigenvalue weighted by molar-refractivity contribution is -0.130. The Morgan fingerprint density at radius 3 is 2.68 bits per heavy atom. The van der Waals surface area contributed by atoms with E-state index >= 15 is 0 Å². The van der Waals surface area contributed by atoms with Crippen molar-refractivity contribution in [1.29, 1.82) is 0 Å². The van der Waals surface area contributed by atoms with Gasteiger partial charge in [0.25, 0.3) is 5.91 Å². The van der Waals surface area contributed by atoms with Crippen molar-refractivity contribution in [3.63, 3.8) is 0 Å². The molecule has 1 N–H and O–H groups in total. The second kappa shape index (κ2) is 7.07. The highest BCUT2D eigenvalue weighted by molar-refractivity contribution is 6.04. The molecule has 1 saturated heterocycles. The number of nitrogens with one attached hydrogen (secondary N) is 1. The zero-order valence-electron chi connectivity index (χ0n) is 13.9. The van der Waals surface area contributed by atoms with Crippen LogP contribution < -0.4 is 10.2 Å². The molecule has 2 unspecified atom stereocenters. The highest BCUT2D eigenvalue weighted by atomic mass is 16.5. The molecule has 0 aliphatic carbocycles. The third kappa shape index (κ3) is 3.42. The molecule has 25 heavy (non-hydrogen) atoms. The minimum absolute atomic E-state index is 0.116. The van der Waals surface area contributed by atoms with E-state index in [0.29, 0.717) is 13.0 Å². The van der Waals surface area contributed by atoms with Gasteiger partial charge in [-0.15, -0.1) is 0 Å². The van der Waals surface area contributed by atoms with Crippen LogP contribution in [-0.2, 0) is 9.53 Å². The van der Waals surface area contributed by atoms with E-state index in [0.717, 1.165) is 35.4 Å². The van der Waals surface area contributed by atoms with Crippen LogP contribution in [0.15, 0.2) is 59.7 Å². The maximum atomic E-state index is 12.2. The highest BCUT2D eigenvalue weighted by Gasteiger charge is 2.27. The number of ether oxygens (including phenoxy) is 2. The van der Waals surface area contributed by atoms with Crippen molar-refractivity contribution < 1.29 is 14.3 Å². The topological polar surface area (TPSA) is 59.9 Å². The molecule has 0 radical (unpaired) electrons. The molecular weight excluding hydrogens is 316 g/mol. The molecular formula is C20H20N2O3. The number of hydrogen-bond donors (Lipinski definition) is 1. The van der Waals surface area contributed by atoms with Gasteiger partial charge in [0.05, 0.1) is 5.71 Å². The number of carbonyl (C=O) groups is 1. The molecule has 4 rings (SSSR count). The molecule has 2 aliphatic heterocycles. The fraction of sp³-hybridized carbons (Fsp3) is 0.300. The van der Waals surface area contributed by atoms with Gasteiger partial charge in [-0.25, -0.2) is 5.43 Å². The summed E-state index contributed by atoms with van der Waals surface area (Å²) in [5, 5.41) is 4.40. The van der Waals surface area contributed by atoms with Crippen LogP contribution in [0.25, 0.3) is 0 Å². The van der Waals surface area contributed by atoms with E-state index in [-0.39, 0.29) is 18.1 Å². The average Bonchev–Trinajstić information content (AvgIpc) is 3.21. The Morgan fingerprint density at radius 1 is 1.08 bits per heavy atom. The summed E-state index contributed by atoms with van der Waals surface area (Å²) in [6, 6.07) is 17.8. The van der Waals surface area contributed by atoms with Gasteiger partial charge in [-0.3, -0.25) is 4.79 Å². The molecule has 0 saturated carbocycles. The Hall–Kier alpha value is -2.66. The molecule has 5 heteroatoms. The first-order valence-electron chi connectivity index (χ1n) is 8.60. The summed E-state index contributed by atoms with van der Waals surface area (Å²) >= 11 is 0. The highest BCUT2D eigenvalue weighted by Crippen LogP contribution is 2.34. The van der Waals surface area contributed by atoms with Gasteiger partial charge in [0.1, 0.15) is 18.0 Å². The lowest BCUT2D eigenvalue weighted by Gasteiger charge is -2.27. The Balaban J connectivity index is 1.58. The summed E-state index contributed by atoms with van der Waals surface area (Å²) in [7, 11) is 0. The van der Waals surface area contributed by atoms with E-state index in [4.69, 9.17) is 9.47 Å². The normalized spacial score (nSPS) is 23.8. The standard InChI is InChI=1S/C20H20N2O3/c23-20(18-11-6-12-24-18)22-21-16-13-19(14-7-2-1-3-8-14)25-17-10-5-4-9-15(16)17/h1-5,7-10,18-19H,6,11-13H2,(H,22,23). The van der Waals surface area contributed by atoms with Crippen LogP contribution in [0.3, 0.4) is 0 Å². The molecule has 2 aromatic carbocycles. The number of fused-ring (bicyclic) bond motifs is 1.